The number of methoxy groups -OCH3 is 3. The Hall–Kier alpha value is -0.380. The summed E-state index contributed by atoms with van der Waals surface area (Å²) in [4.78, 5) is 0. The first-order valence-corrected chi connectivity index (χ1v) is 8.52. The zero-order valence-corrected chi connectivity index (χ0v) is 14.8. The van der Waals surface area contributed by atoms with Crippen LogP contribution >= 0.6 is 0 Å². The maximum absolute atomic E-state index is 5.53. The van der Waals surface area contributed by atoms with E-state index in [9.17, 15) is 0 Å². The third-order valence-corrected chi connectivity index (χ3v) is 4.00. The Morgan fingerprint density at radius 3 is 1.90 bits per heavy atom. The molecular weight excluding hydrogens is 264 g/mol. The third kappa shape index (κ3) is 7.98. The van der Waals surface area contributed by atoms with E-state index in [0.717, 1.165) is 19.3 Å². The number of allylic oxidation sites excluding steroid dienone is 1. The van der Waals surface area contributed by atoms with E-state index in [1.807, 2.05) is 0 Å². The first kappa shape index (κ1) is 20.6. The number of hydrogen-bond acceptors (Lipinski definition) is 3. The molecule has 0 heterocycles. The molecular formula is C18H36O3. The van der Waals surface area contributed by atoms with Crippen LogP contribution in [-0.2, 0) is 14.2 Å². The highest BCUT2D eigenvalue weighted by Gasteiger charge is 2.37. The summed E-state index contributed by atoms with van der Waals surface area (Å²) >= 11 is 0. The minimum atomic E-state index is -0.951. The van der Waals surface area contributed by atoms with E-state index >= 15 is 0 Å². The Morgan fingerprint density at radius 2 is 1.38 bits per heavy atom. The minimum absolute atomic E-state index is 0.134. The smallest absolute Gasteiger partial charge is 0.288 e. The molecule has 0 aromatic heterocycles. The molecule has 21 heavy (non-hydrogen) atoms. The summed E-state index contributed by atoms with van der Waals surface area (Å²) in [5.74, 6) is -0.816. The van der Waals surface area contributed by atoms with Crippen molar-refractivity contribution in [3.63, 3.8) is 0 Å². The summed E-state index contributed by atoms with van der Waals surface area (Å²) in [6, 6.07) is 0. The van der Waals surface area contributed by atoms with Crippen molar-refractivity contribution in [3.05, 3.63) is 12.2 Å². The molecule has 0 radical (unpaired) electrons. The molecule has 3 nitrogen and oxygen atoms in total. The summed E-state index contributed by atoms with van der Waals surface area (Å²) in [6.45, 7) is 4.43. The molecule has 0 aromatic carbocycles. The number of rotatable bonds is 14. The average Bonchev–Trinajstić information content (AvgIpc) is 2.52. The van der Waals surface area contributed by atoms with Crippen LogP contribution in [0.2, 0.25) is 0 Å². The fourth-order valence-corrected chi connectivity index (χ4v) is 2.67. The molecule has 0 aliphatic rings. The fraction of sp³-hybridized carbons (Fsp3) is 0.889. The van der Waals surface area contributed by atoms with Crippen molar-refractivity contribution in [1.82, 2.24) is 0 Å². The molecule has 0 fully saturated rings. The zero-order chi connectivity index (χ0) is 16.0. The number of ether oxygens (including phenoxy) is 3. The van der Waals surface area contributed by atoms with Crippen molar-refractivity contribution in [3.8, 4) is 0 Å². The van der Waals surface area contributed by atoms with Gasteiger partial charge in [-0.3, -0.25) is 0 Å². The Labute approximate surface area is 132 Å². The topological polar surface area (TPSA) is 27.7 Å². The average molecular weight is 300 g/mol. The van der Waals surface area contributed by atoms with Gasteiger partial charge in [-0.25, -0.2) is 0 Å². The maximum atomic E-state index is 5.53. The molecule has 0 N–H and O–H groups in total. The second-order valence-electron chi connectivity index (χ2n) is 5.60. The van der Waals surface area contributed by atoms with E-state index in [1.54, 1.807) is 21.3 Å². The lowest BCUT2D eigenvalue weighted by atomic mass is 9.96. The van der Waals surface area contributed by atoms with Gasteiger partial charge in [0.1, 0.15) is 0 Å². The van der Waals surface area contributed by atoms with E-state index in [2.05, 4.69) is 26.0 Å². The van der Waals surface area contributed by atoms with Gasteiger partial charge in [-0.05, 0) is 12.8 Å². The van der Waals surface area contributed by atoms with Gasteiger partial charge < -0.3 is 14.2 Å². The summed E-state index contributed by atoms with van der Waals surface area (Å²) < 4.78 is 16.6. The van der Waals surface area contributed by atoms with Crippen molar-refractivity contribution in [2.45, 2.75) is 77.6 Å². The quantitative estimate of drug-likeness (QED) is 0.247. The Morgan fingerprint density at radius 1 is 0.810 bits per heavy atom. The zero-order valence-electron chi connectivity index (χ0n) is 14.8. The predicted molar refractivity (Wildman–Crippen MR) is 89.3 cm³/mol. The molecule has 0 aliphatic carbocycles. The molecule has 0 aromatic rings. The molecule has 0 spiro atoms. The van der Waals surface area contributed by atoms with E-state index < -0.39 is 5.97 Å². The molecule has 0 amide bonds. The predicted octanol–water partition coefficient (Wildman–Crippen LogP) is 5.30. The fourth-order valence-electron chi connectivity index (χ4n) is 2.67. The second kappa shape index (κ2) is 13.3. The molecule has 0 aliphatic heterocycles. The highest BCUT2D eigenvalue weighted by atomic mass is 16.9. The lowest BCUT2D eigenvalue weighted by Crippen LogP contribution is -2.43. The Balaban J connectivity index is 4.45. The van der Waals surface area contributed by atoms with Crippen molar-refractivity contribution < 1.29 is 14.2 Å². The van der Waals surface area contributed by atoms with Crippen LogP contribution < -0.4 is 0 Å². The van der Waals surface area contributed by atoms with Gasteiger partial charge in [0.25, 0.3) is 5.97 Å². The molecule has 3 heteroatoms. The summed E-state index contributed by atoms with van der Waals surface area (Å²) in [5, 5.41) is 0. The lowest BCUT2D eigenvalue weighted by Gasteiger charge is -2.35. The normalized spacial score (nSPS) is 14.0. The lowest BCUT2D eigenvalue weighted by molar-refractivity contribution is -0.372. The van der Waals surface area contributed by atoms with Crippen molar-refractivity contribution >= 4 is 0 Å². The Bertz CT molecular complexity index is 239. The maximum Gasteiger partial charge on any atom is 0.288 e. The van der Waals surface area contributed by atoms with Crippen LogP contribution in [0.1, 0.15) is 71.6 Å². The van der Waals surface area contributed by atoms with E-state index in [1.165, 1.54) is 38.5 Å². The van der Waals surface area contributed by atoms with Crippen LogP contribution in [0.3, 0.4) is 0 Å². The second-order valence-corrected chi connectivity index (χ2v) is 5.60. The molecule has 1 unspecified atom stereocenters. The highest BCUT2D eigenvalue weighted by molar-refractivity contribution is 4.93. The first-order chi connectivity index (χ1) is 10.2. The monoisotopic (exact) mass is 300 g/mol. The SMILES string of the molecule is CCCC=CC(CCCCCCCC)C(OC)(OC)OC. The molecule has 0 saturated carbocycles. The van der Waals surface area contributed by atoms with Crippen LogP contribution in [0.4, 0.5) is 0 Å². The van der Waals surface area contributed by atoms with Crippen LogP contribution in [0.25, 0.3) is 0 Å². The Kier molecular flexibility index (Phi) is 13.1. The summed E-state index contributed by atoms with van der Waals surface area (Å²) in [5.41, 5.74) is 0. The number of unbranched alkanes of at least 4 members (excludes halogenated alkanes) is 6. The van der Waals surface area contributed by atoms with Crippen LogP contribution in [0.5, 0.6) is 0 Å². The van der Waals surface area contributed by atoms with Gasteiger partial charge in [-0.2, -0.15) is 0 Å². The van der Waals surface area contributed by atoms with Crippen molar-refractivity contribution in [2.75, 3.05) is 21.3 Å². The first-order valence-electron chi connectivity index (χ1n) is 8.52. The van der Waals surface area contributed by atoms with Crippen LogP contribution in [-0.4, -0.2) is 27.3 Å². The van der Waals surface area contributed by atoms with E-state index in [-0.39, 0.29) is 5.92 Å². The van der Waals surface area contributed by atoms with E-state index in [0.29, 0.717) is 0 Å². The minimum Gasteiger partial charge on any atom is -0.330 e. The van der Waals surface area contributed by atoms with Crippen LogP contribution in [0.15, 0.2) is 12.2 Å². The highest BCUT2D eigenvalue weighted by Crippen LogP contribution is 2.30. The van der Waals surface area contributed by atoms with Gasteiger partial charge in [-0.1, -0.05) is 70.9 Å². The van der Waals surface area contributed by atoms with Crippen LogP contribution in [0, 0.1) is 5.92 Å². The van der Waals surface area contributed by atoms with Gasteiger partial charge in [-0.15, -0.1) is 0 Å². The summed E-state index contributed by atoms with van der Waals surface area (Å²) in [7, 11) is 4.94. The third-order valence-electron chi connectivity index (χ3n) is 4.00. The van der Waals surface area contributed by atoms with E-state index in [4.69, 9.17) is 14.2 Å². The molecule has 0 rings (SSSR count). The van der Waals surface area contributed by atoms with Gasteiger partial charge in [0.05, 0.1) is 5.92 Å². The van der Waals surface area contributed by atoms with Crippen molar-refractivity contribution in [1.29, 1.82) is 0 Å². The molecule has 0 saturated heterocycles. The molecule has 126 valence electrons. The number of hydrogen-bond donors (Lipinski definition) is 0. The van der Waals surface area contributed by atoms with Crippen molar-refractivity contribution in [2.24, 2.45) is 5.92 Å². The van der Waals surface area contributed by atoms with Gasteiger partial charge >= 0.3 is 0 Å². The molecule has 0 bridgehead atoms. The van der Waals surface area contributed by atoms with Gasteiger partial charge in [0.2, 0.25) is 0 Å². The molecule has 1 atom stereocenters. The summed E-state index contributed by atoms with van der Waals surface area (Å²) in [6.07, 6.45) is 15.4. The van der Waals surface area contributed by atoms with Gasteiger partial charge in [0.15, 0.2) is 0 Å². The standard InChI is InChI=1S/C18H36O3/c1-6-8-10-11-12-14-16-17(15-13-9-7-2)18(19-3,20-4)21-5/h13,15,17H,6-12,14,16H2,1-5H3. The van der Waals surface area contributed by atoms with Gasteiger partial charge in [0, 0.05) is 21.3 Å². The largest absolute Gasteiger partial charge is 0.330 e.